The molecule has 1 aliphatic heterocycles. The van der Waals surface area contributed by atoms with E-state index in [9.17, 15) is 9.59 Å². The van der Waals surface area contributed by atoms with Crippen LogP contribution in [0.4, 0.5) is 5.82 Å². The normalized spacial score (nSPS) is 16.8. The Balaban J connectivity index is 2.07. The molecule has 5 nitrogen and oxygen atoms in total. The van der Waals surface area contributed by atoms with Crippen LogP contribution in [0, 0.1) is 0 Å². The molecule has 1 unspecified atom stereocenters. The minimum atomic E-state index is -0.280. The van der Waals surface area contributed by atoms with E-state index in [1.807, 2.05) is 24.3 Å². The fourth-order valence-electron chi connectivity index (χ4n) is 2.63. The van der Waals surface area contributed by atoms with Crippen molar-refractivity contribution in [2.75, 3.05) is 11.1 Å². The first kappa shape index (κ1) is 16.3. The van der Waals surface area contributed by atoms with Crippen LogP contribution >= 0.6 is 27.7 Å². The van der Waals surface area contributed by atoms with Crippen LogP contribution in [0.25, 0.3) is 0 Å². The number of hydrogen-bond donors (Lipinski definition) is 2. The van der Waals surface area contributed by atoms with Crippen molar-refractivity contribution in [3.05, 3.63) is 50.2 Å². The Hall–Kier alpha value is -1.60. The second kappa shape index (κ2) is 6.88. The van der Waals surface area contributed by atoms with Gasteiger partial charge in [-0.15, -0.1) is 0 Å². The molecule has 2 heterocycles. The molecule has 3 rings (SSSR count). The van der Waals surface area contributed by atoms with E-state index in [4.69, 9.17) is 0 Å². The zero-order chi connectivity index (χ0) is 16.4. The van der Waals surface area contributed by atoms with Gasteiger partial charge in [-0.25, -0.2) is 4.98 Å². The summed E-state index contributed by atoms with van der Waals surface area (Å²) in [6.45, 7) is 2.06. The van der Waals surface area contributed by atoms with Crippen molar-refractivity contribution >= 4 is 39.4 Å². The molecule has 0 spiro atoms. The number of aromatic amines is 1. The first-order valence-electron chi connectivity index (χ1n) is 7.40. The van der Waals surface area contributed by atoms with Crippen LogP contribution in [-0.2, 0) is 4.79 Å². The molecular formula is C16H16BrN3O2S. The highest BCUT2D eigenvalue weighted by molar-refractivity contribution is 9.10. The van der Waals surface area contributed by atoms with Crippen molar-refractivity contribution in [3.63, 3.8) is 0 Å². The number of carbonyl (C=O) groups is 1. The SMILES string of the molecule is CCCSc1nc2c(c(=O)[nH]1)C(c1cccc(Br)c1)CC(=O)N2. The number of nitrogens with zero attached hydrogens (tertiary/aromatic N) is 1. The summed E-state index contributed by atoms with van der Waals surface area (Å²) in [7, 11) is 0. The Morgan fingerprint density at radius 3 is 2.96 bits per heavy atom. The molecule has 0 fully saturated rings. The van der Waals surface area contributed by atoms with Crippen LogP contribution in [0.5, 0.6) is 0 Å². The number of amides is 1. The average Bonchev–Trinajstić information content (AvgIpc) is 2.51. The third-order valence-corrected chi connectivity index (χ3v) is 5.20. The summed E-state index contributed by atoms with van der Waals surface area (Å²) in [5.41, 5.74) is 1.28. The molecule has 7 heteroatoms. The van der Waals surface area contributed by atoms with E-state index in [0.29, 0.717) is 16.5 Å². The first-order valence-corrected chi connectivity index (χ1v) is 9.18. The summed E-state index contributed by atoms with van der Waals surface area (Å²) in [5.74, 6) is 0.850. The number of benzene rings is 1. The molecule has 23 heavy (non-hydrogen) atoms. The van der Waals surface area contributed by atoms with Gasteiger partial charge in [0.1, 0.15) is 5.82 Å². The lowest BCUT2D eigenvalue weighted by Gasteiger charge is -2.24. The van der Waals surface area contributed by atoms with Gasteiger partial charge in [0.15, 0.2) is 5.16 Å². The van der Waals surface area contributed by atoms with Crippen molar-refractivity contribution < 1.29 is 4.79 Å². The highest BCUT2D eigenvalue weighted by Crippen LogP contribution is 2.35. The number of nitrogens with one attached hydrogen (secondary N) is 2. The summed E-state index contributed by atoms with van der Waals surface area (Å²) in [4.78, 5) is 31.9. The number of hydrogen-bond acceptors (Lipinski definition) is 4. The van der Waals surface area contributed by atoms with E-state index in [2.05, 4.69) is 38.1 Å². The largest absolute Gasteiger partial charge is 0.310 e. The fraction of sp³-hybridized carbons (Fsp3) is 0.312. The summed E-state index contributed by atoms with van der Waals surface area (Å²) >= 11 is 4.92. The number of fused-ring (bicyclic) bond motifs is 1. The Bertz CT molecular complexity index is 806. The van der Waals surface area contributed by atoms with Crippen molar-refractivity contribution in [3.8, 4) is 0 Å². The van der Waals surface area contributed by atoms with E-state index in [1.165, 1.54) is 11.8 Å². The third kappa shape index (κ3) is 3.50. The Morgan fingerprint density at radius 1 is 1.39 bits per heavy atom. The Morgan fingerprint density at radius 2 is 2.22 bits per heavy atom. The van der Waals surface area contributed by atoms with Gasteiger partial charge >= 0.3 is 0 Å². The molecule has 2 aromatic rings. The van der Waals surface area contributed by atoms with Crippen molar-refractivity contribution in [1.82, 2.24) is 9.97 Å². The van der Waals surface area contributed by atoms with Gasteiger partial charge in [0.2, 0.25) is 5.91 Å². The smallest absolute Gasteiger partial charge is 0.257 e. The maximum absolute atomic E-state index is 12.6. The lowest BCUT2D eigenvalue weighted by Crippen LogP contribution is -2.31. The molecular weight excluding hydrogens is 378 g/mol. The van der Waals surface area contributed by atoms with E-state index in [0.717, 1.165) is 22.2 Å². The standard InChI is InChI=1S/C16H16BrN3O2S/c1-2-6-23-16-19-14-13(15(22)20-16)11(8-12(21)18-14)9-4-3-5-10(17)7-9/h3-5,7,11H,2,6,8H2,1H3,(H2,18,19,20,21,22). The topological polar surface area (TPSA) is 74.8 Å². The molecule has 2 N–H and O–H groups in total. The predicted octanol–water partition coefficient (Wildman–Crippen LogP) is 3.51. The summed E-state index contributed by atoms with van der Waals surface area (Å²) in [5, 5.41) is 3.28. The number of carbonyl (C=O) groups excluding carboxylic acids is 1. The van der Waals surface area contributed by atoms with Crippen molar-refractivity contribution in [2.45, 2.75) is 30.8 Å². The summed E-state index contributed by atoms with van der Waals surface area (Å²) in [6, 6.07) is 7.68. The quantitative estimate of drug-likeness (QED) is 0.615. The van der Waals surface area contributed by atoms with E-state index < -0.39 is 0 Å². The molecule has 0 bridgehead atoms. The maximum atomic E-state index is 12.6. The molecule has 0 radical (unpaired) electrons. The summed E-state index contributed by atoms with van der Waals surface area (Å²) < 4.78 is 0.919. The average molecular weight is 394 g/mol. The highest BCUT2D eigenvalue weighted by Gasteiger charge is 2.30. The van der Waals surface area contributed by atoms with Gasteiger partial charge in [0.05, 0.1) is 5.56 Å². The van der Waals surface area contributed by atoms with Gasteiger partial charge in [-0.1, -0.05) is 46.7 Å². The third-order valence-electron chi connectivity index (χ3n) is 3.62. The molecule has 0 saturated carbocycles. The zero-order valence-corrected chi connectivity index (χ0v) is 15.0. The molecule has 1 amide bonds. The zero-order valence-electron chi connectivity index (χ0n) is 12.6. The van der Waals surface area contributed by atoms with Crippen molar-refractivity contribution in [1.29, 1.82) is 0 Å². The molecule has 0 aliphatic carbocycles. The van der Waals surface area contributed by atoms with Crippen LogP contribution in [0.2, 0.25) is 0 Å². The molecule has 1 atom stereocenters. The number of rotatable bonds is 4. The molecule has 0 saturated heterocycles. The van der Waals surface area contributed by atoms with Crippen LogP contribution in [0.1, 0.15) is 36.8 Å². The number of H-pyrrole nitrogens is 1. The Kier molecular flexibility index (Phi) is 4.87. The van der Waals surface area contributed by atoms with Crippen LogP contribution in [0.3, 0.4) is 0 Å². The van der Waals surface area contributed by atoms with E-state index >= 15 is 0 Å². The number of aromatic nitrogens is 2. The molecule has 1 aromatic carbocycles. The van der Waals surface area contributed by atoms with E-state index in [-0.39, 0.29) is 23.8 Å². The number of halogens is 1. The minimum absolute atomic E-state index is 0.119. The number of anilines is 1. The predicted molar refractivity (Wildman–Crippen MR) is 95.1 cm³/mol. The van der Waals surface area contributed by atoms with Gasteiger partial charge in [-0.2, -0.15) is 0 Å². The number of thioether (sulfide) groups is 1. The molecule has 120 valence electrons. The van der Waals surface area contributed by atoms with Gasteiger partial charge in [0, 0.05) is 22.6 Å². The Labute approximate surface area is 146 Å². The molecule has 1 aliphatic rings. The first-order chi connectivity index (χ1) is 11.1. The van der Waals surface area contributed by atoms with Gasteiger partial charge in [0.25, 0.3) is 5.56 Å². The fourth-order valence-corrected chi connectivity index (χ4v) is 3.76. The van der Waals surface area contributed by atoms with Gasteiger partial charge < -0.3 is 10.3 Å². The van der Waals surface area contributed by atoms with Crippen molar-refractivity contribution in [2.24, 2.45) is 0 Å². The highest BCUT2D eigenvalue weighted by atomic mass is 79.9. The second-order valence-electron chi connectivity index (χ2n) is 5.34. The molecule has 1 aromatic heterocycles. The minimum Gasteiger partial charge on any atom is -0.310 e. The maximum Gasteiger partial charge on any atom is 0.257 e. The van der Waals surface area contributed by atoms with Crippen LogP contribution < -0.4 is 10.9 Å². The lowest BCUT2D eigenvalue weighted by molar-refractivity contribution is -0.116. The van der Waals surface area contributed by atoms with Gasteiger partial charge in [-0.05, 0) is 24.1 Å². The second-order valence-corrected chi connectivity index (χ2v) is 7.34. The lowest BCUT2D eigenvalue weighted by atomic mass is 9.87. The monoisotopic (exact) mass is 393 g/mol. The van der Waals surface area contributed by atoms with E-state index in [1.54, 1.807) is 0 Å². The van der Waals surface area contributed by atoms with Crippen LogP contribution in [-0.4, -0.2) is 21.6 Å². The summed E-state index contributed by atoms with van der Waals surface area (Å²) in [6.07, 6.45) is 1.23. The van der Waals surface area contributed by atoms with Crippen LogP contribution in [0.15, 0.2) is 38.7 Å². The van der Waals surface area contributed by atoms with Gasteiger partial charge in [-0.3, -0.25) is 9.59 Å².